The van der Waals surface area contributed by atoms with Gasteiger partial charge < -0.3 is 13.7 Å². The van der Waals surface area contributed by atoms with Crippen molar-refractivity contribution in [2.24, 2.45) is 0 Å². The van der Waals surface area contributed by atoms with E-state index in [9.17, 15) is 30.0 Å². The monoisotopic (exact) mass is 482 g/mol. The average Bonchev–Trinajstić information content (AvgIpc) is 2.66. The molecule has 0 saturated carbocycles. The van der Waals surface area contributed by atoms with Gasteiger partial charge in [-0.15, -0.1) is 0 Å². The molecule has 170 valence electrons. The number of rotatable bonds is 6. The molecule has 0 spiro atoms. The Hall–Kier alpha value is -2.51. The molecule has 0 N–H and O–H groups in total. The van der Waals surface area contributed by atoms with Crippen molar-refractivity contribution in [3.8, 4) is 17.2 Å². The van der Waals surface area contributed by atoms with Crippen molar-refractivity contribution < 1.29 is 47.8 Å². The van der Waals surface area contributed by atoms with Gasteiger partial charge in [0.05, 0.1) is 4.90 Å². The Balaban J connectivity index is 1.81. The van der Waals surface area contributed by atoms with E-state index in [1.54, 1.807) is 19.1 Å². The minimum Gasteiger partial charge on any atom is -0.485 e. The van der Waals surface area contributed by atoms with E-state index in [0.717, 1.165) is 11.6 Å². The Kier molecular flexibility index (Phi) is 5.88. The van der Waals surface area contributed by atoms with Gasteiger partial charge in [0.2, 0.25) is 5.75 Å². The third-order valence-corrected chi connectivity index (χ3v) is 6.38. The summed E-state index contributed by atoms with van der Waals surface area (Å²) in [7, 11) is -10.1. The number of alkyl halides is 3. The standard InChI is InChI=1S/C18H17F3O8S2/c1-12-6-8-13(9-7-12)30(22,23)27-11-17(2)10-26-14-4-3-5-15(16(14)28-17)29-31(24,25)18(19,20)21/h3-9H,10-11H2,1-2H3. The number of ether oxygens (including phenoxy) is 2. The van der Waals surface area contributed by atoms with Crippen LogP contribution in [0, 0.1) is 6.92 Å². The van der Waals surface area contributed by atoms with Crippen molar-refractivity contribution in [2.45, 2.75) is 29.9 Å². The summed E-state index contributed by atoms with van der Waals surface area (Å²) in [5.74, 6) is -1.27. The molecule has 3 rings (SSSR count). The third kappa shape index (κ3) is 5.05. The minimum atomic E-state index is -5.96. The smallest absolute Gasteiger partial charge is 0.485 e. The number of benzene rings is 2. The van der Waals surface area contributed by atoms with Gasteiger partial charge >= 0.3 is 15.6 Å². The zero-order valence-electron chi connectivity index (χ0n) is 16.2. The molecule has 0 saturated heterocycles. The molecule has 1 atom stereocenters. The molecule has 31 heavy (non-hydrogen) atoms. The zero-order chi connectivity index (χ0) is 23.1. The predicted octanol–water partition coefficient (Wildman–Crippen LogP) is 3.16. The molecule has 0 aliphatic carbocycles. The van der Waals surface area contributed by atoms with Crippen LogP contribution in [0.2, 0.25) is 0 Å². The first-order chi connectivity index (χ1) is 14.2. The van der Waals surface area contributed by atoms with Gasteiger partial charge in [-0.1, -0.05) is 23.8 Å². The predicted molar refractivity (Wildman–Crippen MR) is 101 cm³/mol. The first-order valence-electron chi connectivity index (χ1n) is 8.64. The summed E-state index contributed by atoms with van der Waals surface area (Å²) in [5, 5.41) is 0. The van der Waals surface area contributed by atoms with Gasteiger partial charge in [-0.05, 0) is 38.1 Å². The molecule has 0 amide bonds. The molecule has 1 unspecified atom stereocenters. The summed E-state index contributed by atoms with van der Waals surface area (Å²) in [6, 6.07) is 9.36. The molecule has 1 aliphatic heterocycles. The fraction of sp³-hybridized carbons (Fsp3) is 0.333. The van der Waals surface area contributed by atoms with E-state index in [0.29, 0.717) is 0 Å². The summed E-state index contributed by atoms with van der Waals surface area (Å²) in [6.07, 6.45) is 0. The van der Waals surface area contributed by atoms with Crippen LogP contribution in [0.25, 0.3) is 0 Å². The molecule has 0 aromatic heterocycles. The molecule has 1 heterocycles. The topological polar surface area (TPSA) is 105 Å². The molecule has 0 radical (unpaired) electrons. The van der Waals surface area contributed by atoms with Gasteiger partial charge in [-0.3, -0.25) is 4.18 Å². The van der Waals surface area contributed by atoms with E-state index in [2.05, 4.69) is 4.18 Å². The molecular formula is C18H17F3O8S2. The van der Waals surface area contributed by atoms with Gasteiger partial charge in [0, 0.05) is 0 Å². The van der Waals surface area contributed by atoms with Crippen LogP contribution in [0.4, 0.5) is 13.2 Å². The van der Waals surface area contributed by atoms with Crippen molar-refractivity contribution in [1.82, 2.24) is 0 Å². The maximum atomic E-state index is 12.7. The molecule has 13 heteroatoms. The lowest BCUT2D eigenvalue weighted by Gasteiger charge is -2.35. The molecular weight excluding hydrogens is 465 g/mol. The maximum Gasteiger partial charge on any atom is 0.534 e. The maximum absolute atomic E-state index is 12.7. The fourth-order valence-electron chi connectivity index (χ4n) is 2.49. The summed E-state index contributed by atoms with van der Waals surface area (Å²) < 4.78 is 106. The molecule has 1 aliphatic rings. The van der Waals surface area contributed by atoms with Crippen LogP contribution in [0.1, 0.15) is 12.5 Å². The first kappa shape index (κ1) is 23.2. The van der Waals surface area contributed by atoms with Crippen LogP contribution in [0.5, 0.6) is 17.2 Å². The summed E-state index contributed by atoms with van der Waals surface area (Å²) in [5.41, 5.74) is -6.29. The van der Waals surface area contributed by atoms with Gasteiger partial charge in [-0.2, -0.15) is 30.0 Å². The Morgan fingerprint density at radius 1 is 1.06 bits per heavy atom. The Morgan fingerprint density at radius 3 is 2.32 bits per heavy atom. The van der Waals surface area contributed by atoms with Crippen molar-refractivity contribution in [3.05, 3.63) is 48.0 Å². The number of hydrogen-bond acceptors (Lipinski definition) is 8. The highest BCUT2D eigenvalue weighted by atomic mass is 32.2. The molecule has 2 aromatic rings. The van der Waals surface area contributed by atoms with Gasteiger partial charge in [0.1, 0.15) is 13.2 Å². The van der Waals surface area contributed by atoms with E-state index in [4.69, 9.17) is 13.7 Å². The van der Waals surface area contributed by atoms with Crippen molar-refractivity contribution in [1.29, 1.82) is 0 Å². The van der Waals surface area contributed by atoms with Crippen LogP contribution in [0.15, 0.2) is 47.4 Å². The highest BCUT2D eigenvalue weighted by Crippen LogP contribution is 2.44. The lowest BCUT2D eigenvalue weighted by atomic mass is 10.1. The highest BCUT2D eigenvalue weighted by Gasteiger charge is 2.49. The largest absolute Gasteiger partial charge is 0.534 e. The summed E-state index contributed by atoms with van der Waals surface area (Å²) in [6.45, 7) is 2.37. The minimum absolute atomic E-state index is 0.0752. The zero-order valence-corrected chi connectivity index (χ0v) is 17.8. The number of fused-ring (bicyclic) bond motifs is 1. The highest BCUT2D eigenvalue weighted by molar-refractivity contribution is 7.88. The Morgan fingerprint density at radius 2 is 1.71 bits per heavy atom. The quantitative estimate of drug-likeness (QED) is 0.457. The second-order valence-corrected chi connectivity index (χ2v) is 10.1. The number of aryl methyl sites for hydroxylation is 1. The average molecular weight is 482 g/mol. The lowest BCUT2D eigenvalue weighted by Crippen LogP contribution is -2.46. The van der Waals surface area contributed by atoms with E-state index >= 15 is 0 Å². The summed E-state index contributed by atoms with van der Waals surface area (Å²) >= 11 is 0. The van der Waals surface area contributed by atoms with Crippen LogP contribution in [-0.2, 0) is 24.4 Å². The fourth-order valence-corrected chi connectivity index (χ4v) is 3.97. The molecule has 8 nitrogen and oxygen atoms in total. The number of para-hydroxylation sites is 1. The number of halogens is 3. The molecule has 0 bridgehead atoms. The Labute approximate surface area is 176 Å². The van der Waals surface area contributed by atoms with Crippen molar-refractivity contribution in [2.75, 3.05) is 13.2 Å². The first-order valence-corrected chi connectivity index (χ1v) is 11.5. The van der Waals surface area contributed by atoms with Crippen LogP contribution in [0.3, 0.4) is 0 Å². The van der Waals surface area contributed by atoms with E-state index < -0.39 is 49.5 Å². The van der Waals surface area contributed by atoms with Gasteiger partial charge in [-0.25, -0.2) is 0 Å². The normalized spacial score (nSPS) is 19.1. The molecule has 0 fully saturated rings. The third-order valence-electron chi connectivity index (χ3n) is 4.14. The number of hydrogen-bond donors (Lipinski definition) is 0. The van der Waals surface area contributed by atoms with Gasteiger partial charge in [0.25, 0.3) is 10.1 Å². The van der Waals surface area contributed by atoms with E-state index in [1.165, 1.54) is 31.2 Å². The second kappa shape index (κ2) is 7.88. The lowest BCUT2D eigenvalue weighted by molar-refractivity contribution is -0.0507. The van der Waals surface area contributed by atoms with Crippen LogP contribution < -0.4 is 13.7 Å². The Bertz CT molecular complexity index is 1180. The SMILES string of the molecule is Cc1ccc(S(=O)(=O)OCC2(C)COc3cccc(OS(=O)(=O)C(F)(F)F)c3O2)cc1. The summed E-state index contributed by atoms with van der Waals surface area (Å²) in [4.78, 5) is -0.0980. The van der Waals surface area contributed by atoms with Crippen molar-refractivity contribution >= 4 is 20.2 Å². The van der Waals surface area contributed by atoms with E-state index in [1.807, 2.05) is 0 Å². The second-order valence-electron chi connectivity index (χ2n) is 6.94. The molecule has 2 aromatic carbocycles. The van der Waals surface area contributed by atoms with Crippen LogP contribution in [-0.4, -0.2) is 41.2 Å². The van der Waals surface area contributed by atoms with Crippen LogP contribution >= 0.6 is 0 Å². The van der Waals surface area contributed by atoms with Crippen molar-refractivity contribution in [3.63, 3.8) is 0 Å². The van der Waals surface area contributed by atoms with Gasteiger partial charge in [0.15, 0.2) is 17.1 Å². The van der Waals surface area contributed by atoms with E-state index in [-0.39, 0.29) is 17.3 Å².